The molecule has 15 heteroatoms. The molecule has 1 aliphatic heterocycles. The minimum absolute atomic E-state index is 0.00441. The summed E-state index contributed by atoms with van der Waals surface area (Å²) < 4.78 is 28.6. The lowest BCUT2D eigenvalue weighted by atomic mass is 9.56. The molecule has 0 aromatic heterocycles. The third kappa shape index (κ3) is 8.15. The summed E-state index contributed by atoms with van der Waals surface area (Å²) in [5, 5.41) is 50.7. The van der Waals surface area contributed by atoms with Crippen molar-refractivity contribution in [3.05, 3.63) is 82.9 Å². The Bertz CT molecular complexity index is 1980. The highest BCUT2D eigenvalue weighted by atomic mass is 16.6. The van der Waals surface area contributed by atoms with E-state index >= 15 is 0 Å². The Morgan fingerprint density at radius 1 is 0.949 bits per heavy atom. The van der Waals surface area contributed by atoms with Crippen molar-refractivity contribution in [1.82, 2.24) is 5.32 Å². The summed E-state index contributed by atoms with van der Waals surface area (Å²) in [7, 11) is 0. The Labute approximate surface area is 343 Å². The molecule has 320 valence electrons. The summed E-state index contributed by atoms with van der Waals surface area (Å²) in [6.07, 6.45) is -9.90. The molecule has 3 aliphatic carbocycles. The molecule has 15 nitrogen and oxygen atoms in total. The fourth-order valence-electron chi connectivity index (χ4n) is 9.51. The number of aliphatic hydroxyl groups is 4. The number of benzene rings is 2. The molecule has 0 spiro atoms. The molecule has 2 saturated carbocycles. The average Bonchev–Trinajstić information content (AvgIpc) is 3.42. The molecule has 0 unspecified atom stereocenters. The number of alkyl carbamates (subject to hydrolysis) is 1. The first kappa shape index (κ1) is 43.9. The van der Waals surface area contributed by atoms with E-state index in [1.54, 1.807) is 88.4 Å². The normalized spacial score (nSPS) is 32.9. The molecular weight excluding hydrogens is 766 g/mol. The van der Waals surface area contributed by atoms with E-state index < -0.39 is 100 Å². The van der Waals surface area contributed by atoms with E-state index in [0.717, 1.165) is 0 Å². The highest BCUT2D eigenvalue weighted by molar-refractivity contribution is 5.93. The molecule has 2 aromatic carbocycles. The van der Waals surface area contributed by atoms with Crippen molar-refractivity contribution >= 4 is 29.8 Å². The number of carbonyl (C=O) groups is 5. The number of carbonyl (C=O) groups excluding carboxylic acids is 5. The number of amides is 1. The van der Waals surface area contributed by atoms with Crippen molar-refractivity contribution in [2.24, 2.45) is 10.8 Å². The summed E-state index contributed by atoms with van der Waals surface area (Å²) in [4.78, 5) is 67.3. The molecule has 3 fully saturated rings. The van der Waals surface area contributed by atoms with Crippen LogP contribution in [-0.2, 0) is 38.1 Å². The number of ketones is 1. The molecule has 0 radical (unpaired) electrons. The summed E-state index contributed by atoms with van der Waals surface area (Å²) >= 11 is 0. The number of rotatable bonds is 11. The maximum atomic E-state index is 14.8. The fourth-order valence-corrected chi connectivity index (χ4v) is 9.51. The second kappa shape index (κ2) is 16.1. The van der Waals surface area contributed by atoms with Gasteiger partial charge in [-0.3, -0.25) is 9.59 Å². The van der Waals surface area contributed by atoms with Gasteiger partial charge in [0.25, 0.3) is 0 Å². The highest BCUT2D eigenvalue weighted by Crippen LogP contribution is 2.60. The molecule has 1 amide bonds. The van der Waals surface area contributed by atoms with Crippen molar-refractivity contribution in [3.8, 4) is 0 Å². The van der Waals surface area contributed by atoms with Gasteiger partial charge in [-0.2, -0.15) is 0 Å². The first-order valence-electron chi connectivity index (χ1n) is 19.9. The average molecular weight is 822 g/mol. The van der Waals surface area contributed by atoms with Crippen molar-refractivity contribution in [1.29, 1.82) is 0 Å². The van der Waals surface area contributed by atoms with Gasteiger partial charge < -0.3 is 49.4 Å². The zero-order valence-electron chi connectivity index (χ0n) is 34.4. The van der Waals surface area contributed by atoms with Crippen LogP contribution in [0.25, 0.3) is 0 Å². The van der Waals surface area contributed by atoms with Gasteiger partial charge in [-0.15, -0.1) is 0 Å². The van der Waals surface area contributed by atoms with Gasteiger partial charge in [-0.25, -0.2) is 14.4 Å². The predicted octanol–water partition coefficient (Wildman–Crippen LogP) is 3.79. The lowest BCUT2D eigenvalue weighted by Gasteiger charge is -2.57. The minimum atomic E-state index is -2.05. The zero-order chi connectivity index (χ0) is 43.3. The van der Waals surface area contributed by atoms with E-state index in [2.05, 4.69) is 5.32 Å². The Balaban J connectivity index is 1.37. The van der Waals surface area contributed by atoms with Crippen molar-refractivity contribution in [2.75, 3.05) is 6.61 Å². The molecule has 5 N–H and O–H groups in total. The molecule has 2 aromatic rings. The maximum absolute atomic E-state index is 14.8. The largest absolute Gasteiger partial charge is 0.456 e. The van der Waals surface area contributed by atoms with E-state index in [0.29, 0.717) is 5.56 Å². The molecule has 59 heavy (non-hydrogen) atoms. The van der Waals surface area contributed by atoms with Gasteiger partial charge >= 0.3 is 24.0 Å². The van der Waals surface area contributed by atoms with Crippen LogP contribution in [0.3, 0.4) is 0 Å². The van der Waals surface area contributed by atoms with Crippen LogP contribution in [-0.4, -0.2) is 110 Å². The van der Waals surface area contributed by atoms with E-state index in [1.165, 1.54) is 20.8 Å². The van der Waals surface area contributed by atoms with Gasteiger partial charge in [0.2, 0.25) is 0 Å². The lowest BCUT2D eigenvalue weighted by Crippen LogP contribution is -2.70. The number of nitrogens with one attached hydrogen (secondary N) is 1. The molecule has 6 rings (SSSR count). The first-order valence-corrected chi connectivity index (χ1v) is 19.9. The van der Waals surface area contributed by atoms with Crippen molar-refractivity contribution in [2.45, 2.75) is 140 Å². The van der Waals surface area contributed by atoms with E-state index in [1.807, 2.05) is 0 Å². The van der Waals surface area contributed by atoms with Gasteiger partial charge in [0.05, 0.1) is 29.7 Å². The van der Waals surface area contributed by atoms with Crippen LogP contribution in [0.2, 0.25) is 0 Å². The van der Waals surface area contributed by atoms with Crippen LogP contribution in [0.1, 0.15) is 103 Å². The Morgan fingerprint density at radius 3 is 2.15 bits per heavy atom. The fraction of sp³-hybridized carbons (Fsp3) is 0.568. The number of fused-ring (bicyclic) bond motifs is 2. The maximum Gasteiger partial charge on any atom is 0.408 e. The van der Waals surface area contributed by atoms with Crippen LogP contribution in [0.4, 0.5) is 4.79 Å². The lowest BCUT2D eigenvalue weighted by molar-refractivity contribution is -0.291. The second-order valence-electron chi connectivity index (χ2n) is 17.8. The predicted molar refractivity (Wildman–Crippen MR) is 208 cm³/mol. The Kier molecular flexibility index (Phi) is 12.0. The SMILES string of the molecule is CC(=O)O[C@@]12CO[C@@H]1C[C@H](O)[C@@](C)(C(=O)[C@H](O)C1=C(C)[C@@H](OC(=O)[C@H](O)[C@@H](NC(=O)OC(C)(C)C)c3ccccc3)C[C@@]3(O)[C@@H](OC(=O)c4ccccc4)CC[C@@]13C)C2. The Morgan fingerprint density at radius 2 is 1.58 bits per heavy atom. The van der Waals surface area contributed by atoms with Gasteiger partial charge in [0, 0.05) is 31.6 Å². The number of esters is 3. The van der Waals surface area contributed by atoms with Gasteiger partial charge in [0.1, 0.15) is 35.6 Å². The molecule has 1 saturated heterocycles. The van der Waals surface area contributed by atoms with E-state index in [-0.39, 0.29) is 55.4 Å². The standard InChI is InChI=1S/C44H55NO14/c1-24-28(56-38(52)35(49)33(26-14-10-8-11-15-26)45-39(53)59-40(3,4)5)21-44(54)30(57-37(51)27-16-12-9-13-17-27)18-19-42(44,7)32(24)34(48)36(50)41(6)22-43(58-25(2)46)23-55-31(43)20-29(41)47/h8-17,28-31,33-35,47-49,54H,18-23H2,1-7H3,(H,45,53)/t28-,29-,30-,31+,33-,34+,35+,41-,42-,43-,44+/m0/s1. The smallest absolute Gasteiger partial charge is 0.408 e. The number of Topliss-reactive ketones (excluding diaryl/α,β-unsaturated/α-hetero) is 1. The second-order valence-corrected chi connectivity index (χ2v) is 17.8. The third-order valence-electron chi connectivity index (χ3n) is 12.7. The van der Waals surface area contributed by atoms with Crippen LogP contribution < -0.4 is 5.32 Å². The van der Waals surface area contributed by atoms with Gasteiger partial charge in [-0.1, -0.05) is 55.5 Å². The van der Waals surface area contributed by atoms with Crippen LogP contribution in [0.15, 0.2) is 71.8 Å². The Hall–Kier alpha value is -4.67. The minimum Gasteiger partial charge on any atom is -0.456 e. The number of hydrogen-bond donors (Lipinski definition) is 5. The summed E-state index contributed by atoms with van der Waals surface area (Å²) in [6.45, 7) is 10.8. The molecule has 4 aliphatic rings. The number of aliphatic hydroxyl groups excluding tert-OH is 3. The van der Waals surface area contributed by atoms with Crippen molar-refractivity contribution < 1.29 is 68.1 Å². The number of ether oxygens (including phenoxy) is 5. The summed E-state index contributed by atoms with van der Waals surface area (Å²) in [5.74, 6) is -3.37. The zero-order valence-corrected chi connectivity index (χ0v) is 34.4. The highest BCUT2D eigenvalue weighted by Gasteiger charge is 2.68. The van der Waals surface area contributed by atoms with Crippen molar-refractivity contribution in [3.63, 3.8) is 0 Å². The molecule has 0 bridgehead atoms. The quantitative estimate of drug-likeness (QED) is 0.124. The first-order chi connectivity index (χ1) is 27.5. The van der Waals surface area contributed by atoms with E-state index in [9.17, 15) is 44.4 Å². The van der Waals surface area contributed by atoms with Gasteiger partial charge in [-0.05, 0) is 76.3 Å². The van der Waals surface area contributed by atoms with Gasteiger partial charge in [0.15, 0.2) is 17.5 Å². The molecular formula is C44H55NO14. The molecule has 1 heterocycles. The molecule has 11 atom stereocenters. The number of hydrogen-bond acceptors (Lipinski definition) is 14. The van der Waals surface area contributed by atoms with Crippen LogP contribution in [0, 0.1) is 10.8 Å². The van der Waals surface area contributed by atoms with Crippen LogP contribution >= 0.6 is 0 Å². The van der Waals surface area contributed by atoms with Crippen LogP contribution in [0.5, 0.6) is 0 Å². The topological polar surface area (TPSA) is 224 Å². The summed E-state index contributed by atoms with van der Waals surface area (Å²) in [5.41, 5.74) is -6.54. The third-order valence-corrected chi connectivity index (χ3v) is 12.7. The summed E-state index contributed by atoms with van der Waals surface area (Å²) in [6, 6.07) is 15.0. The monoisotopic (exact) mass is 821 g/mol. The van der Waals surface area contributed by atoms with E-state index in [4.69, 9.17) is 23.7 Å².